The third-order valence-electron chi connectivity index (χ3n) is 1.66. The van der Waals surface area contributed by atoms with Crippen molar-refractivity contribution in [3.63, 3.8) is 0 Å². The number of pyridine rings is 1. The van der Waals surface area contributed by atoms with Gasteiger partial charge in [-0.05, 0) is 32.9 Å². The van der Waals surface area contributed by atoms with E-state index in [0.717, 1.165) is 0 Å². The molecule has 0 aliphatic carbocycles. The van der Waals surface area contributed by atoms with Gasteiger partial charge in [-0.1, -0.05) is 17.7 Å². The van der Waals surface area contributed by atoms with Gasteiger partial charge in [-0.25, -0.2) is 4.98 Å². The minimum atomic E-state index is -0.222. The van der Waals surface area contributed by atoms with Crippen molar-refractivity contribution in [1.29, 1.82) is 0 Å². The molecule has 0 bridgehead atoms. The summed E-state index contributed by atoms with van der Waals surface area (Å²) in [6.07, 6.45) is 0. The molecule has 1 amide bonds. The predicted molar refractivity (Wildman–Crippen MR) is 65.6 cm³/mol. The molecule has 1 rings (SSSR count). The van der Waals surface area contributed by atoms with Gasteiger partial charge in [0.25, 0.3) is 0 Å². The smallest absolute Gasteiger partial charge is 0.239 e. The lowest BCUT2D eigenvalue weighted by Gasteiger charge is -2.20. The predicted octanol–water partition coefficient (Wildman–Crippen LogP) is 2.06. The number of hydrogen-bond acceptors (Lipinski definition) is 3. The SMILES string of the molecule is CC(C)(C)NC(=O)CNc1cccc(Cl)n1. The van der Waals surface area contributed by atoms with Crippen LogP contribution in [-0.4, -0.2) is 23.0 Å². The molecule has 0 unspecified atom stereocenters. The standard InChI is InChI=1S/C11H16ClN3O/c1-11(2,3)15-10(16)7-13-9-6-4-5-8(12)14-9/h4-6H,7H2,1-3H3,(H,13,14)(H,15,16). The number of anilines is 1. The molecule has 2 N–H and O–H groups in total. The van der Waals surface area contributed by atoms with E-state index in [2.05, 4.69) is 15.6 Å². The number of carbonyl (C=O) groups is 1. The minimum absolute atomic E-state index is 0.0747. The van der Waals surface area contributed by atoms with E-state index >= 15 is 0 Å². The highest BCUT2D eigenvalue weighted by Gasteiger charge is 2.13. The largest absolute Gasteiger partial charge is 0.361 e. The number of nitrogens with zero attached hydrogens (tertiary/aromatic N) is 1. The number of carbonyl (C=O) groups excluding carboxylic acids is 1. The number of hydrogen-bond donors (Lipinski definition) is 2. The van der Waals surface area contributed by atoms with E-state index < -0.39 is 0 Å². The number of halogens is 1. The highest BCUT2D eigenvalue weighted by Crippen LogP contribution is 2.08. The average molecular weight is 242 g/mol. The Kier molecular flexibility index (Phi) is 4.12. The monoisotopic (exact) mass is 241 g/mol. The second-order valence-corrected chi connectivity index (χ2v) is 4.88. The zero-order valence-corrected chi connectivity index (χ0v) is 10.4. The zero-order chi connectivity index (χ0) is 12.2. The first-order chi connectivity index (χ1) is 7.37. The van der Waals surface area contributed by atoms with Gasteiger partial charge in [-0.3, -0.25) is 4.79 Å². The molecule has 0 spiro atoms. The molecule has 88 valence electrons. The Balaban J connectivity index is 2.43. The Morgan fingerprint density at radius 2 is 2.12 bits per heavy atom. The van der Waals surface area contributed by atoms with Crippen molar-refractivity contribution in [2.75, 3.05) is 11.9 Å². The Hall–Kier alpha value is -1.29. The Morgan fingerprint density at radius 1 is 1.44 bits per heavy atom. The van der Waals surface area contributed by atoms with Crippen LogP contribution in [0.2, 0.25) is 5.15 Å². The number of aromatic nitrogens is 1. The Labute approximate surface area is 100 Å². The first-order valence-corrected chi connectivity index (χ1v) is 5.42. The van der Waals surface area contributed by atoms with Gasteiger partial charge in [0, 0.05) is 5.54 Å². The van der Waals surface area contributed by atoms with Crippen molar-refractivity contribution < 1.29 is 4.79 Å². The van der Waals surface area contributed by atoms with E-state index in [1.807, 2.05) is 20.8 Å². The lowest BCUT2D eigenvalue weighted by atomic mass is 10.1. The van der Waals surface area contributed by atoms with E-state index in [9.17, 15) is 4.79 Å². The van der Waals surface area contributed by atoms with E-state index in [1.54, 1.807) is 18.2 Å². The highest BCUT2D eigenvalue weighted by atomic mass is 35.5. The molecule has 0 saturated carbocycles. The van der Waals surface area contributed by atoms with Crippen LogP contribution in [0.3, 0.4) is 0 Å². The molecule has 0 aromatic carbocycles. The van der Waals surface area contributed by atoms with E-state index in [0.29, 0.717) is 11.0 Å². The van der Waals surface area contributed by atoms with Gasteiger partial charge in [0.2, 0.25) is 5.91 Å². The first-order valence-electron chi connectivity index (χ1n) is 5.04. The summed E-state index contributed by atoms with van der Waals surface area (Å²) >= 11 is 5.71. The van der Waals surface area contributed by atoms with E-state index in [1.165, 1.54) is 0 Å². The number of rotatable bonds is 3. The van der Waals surface area contributed by atoms with Crippen LogP contribution < -0.4 is 10.6 Å². The minimum Gasteiger partial charge on any atom is -0.361 e. The van der Waals surface area contributed by atoms with Gasteiger partial charge in [-0.2, -0.15) is 0 Å². The average Bonchev–Trinajstić information content (AvgIpc) is 2.12. The first kappa shape index (κ1) is 12.8. The molecule has 0 radical (unpaired) electrons. The van der Waals surface area contributed by atoms with Gasteiger partial charge in [-0.15, -0.1) is 0 Å². The molecular formula is C11H16ClN3O. The molecule has 16 heavy (non-hydrogen) atoms. The van der Waals surface area contributed by atoms with Crippen LogP contribution in [0.15, 0.2) is 18.2 Å². The summed E-state index contributed by atoms with van der Waals surface area (Å²) in [5.74, 6) is 0.519. The fraction of sp³-hybridized carbons (Fsp3) is 0.455. The maximum absolute atomic E-state index is 11.5. The van der Waals surface area contributed by atoms with Gasteiger partial charge in [0.05, 0.1) is 6.54 Å². The van der Waals surface area contributed by atoms with Crippen LogP contribution in [0, 0.1) is 0 Å². The molecule has 0 aliphatic rings. The van der Waals surface area contributed by atoms with Crippen molar-refractivity contribution in [1.82, 2.24) is 10.3 Å². The summed E-state index contributed by atoms with van der Waals surface area (Å²) in [4.78, 5) is 15.5. The zero-order valence-electron chi connectivity index (χ0n) is 9.67. The summed E-state index contributed by atoms with van der Waals surface area (Å²) in [6, 6.07) is 5.22. The summed E-state index contributed by atoms with van der Waals surface area (Å²) < 4.78 is 0. The molecule has 5 heteroatoms. The number of amides is 1. The van der Waals surface area contributed by atoms with Gasteiger partial charge >= 0.3 is 0 Å². The topological polar surface area (TPSA) is 54.0 Å². The second kappa shape index (κ2) is 5.16. The molecule has 1 aromatic rings. The van der Waals surface area contributed by atoms with Crippen molar-refractivity contribution >= 4 is 23.3 Å². The molecule has 1 heterocycles. The molecule has 0 aliphatic heterocycles. The fourth-order valence-corrected chi connectivity index (χ4v) is 1.30. The lowest BCUT2D eigenvalue weighted by molar-refractivity contribution is -0.120. The summed E-state index contributed by atoms with van der Waals surface area (Å²) in [5.41, 5.74) is -0.222. The molecule has 0 atom stereocenters. The van der Waals surface area contributed by atoms with Crippen molar-refractivity contribution in [3.8, 4) is 0 Å². The Morgan fingerprint density at radius 3 is 2.69 bits per heavy atom. The molecule has 0 fully saturated rings. The van der Waals surface area contributed by atoms with Crippen molar-refractivity contribution in [2.45, 2.75) is 26.3 Å². The van der Waals surface area contributed by atoms with Gasteiger partial charge < -0.3 is 10.6 Å². The number of nitrogens with one attached hydrogen (secondary N) is 2. The lowest BCUT2D eigenvalue weighted by Crippen LogP contribution is -2.43. The van der Waals surface area contributed by atoms with E-state index in [-0.39, 0.29) is 18.0 Å². The van der Waals surface area contributed by atoms with Crippen molar-refractivity contribution in [2.24, 2.45) is 0 Å². The van der Waals surface area contributed by atoms with Crippen molar-refractivity contribution in [3.05, 3.63) is 23.4 Å². The molecule has 4 nitrogen and oxygen atoms in total. The normalized spacial score (nSPS) is 11.0. The van der Waals surface area contributed by atoms with Crippen LogP contribution in [0.4, 0.5) is 5.82 Å². The van der Waals surface area contributed by atoms with Crippen LogP contribution >= 0.6 is 11.6 Å². The van der Waals surface area contributed by atoms with Gasteiger partial charge in [0.1, 0.15) is 11.0 Å². The third-order valence-corrected chi connectivity index (χ3v) is 1.87. The summed E-state index contributed by atoms with van der Waals surface area (Å²) in [5, 5.41) is 6.15. The highest BCUT2D eigenvalue weighted by molar-refractivity contribution is 6.29. The quantitative estimate of drug-likeness (QED) is 0.797. The molecular weight excluding hydrogens is 226 g/mol. The summed E-state index contributed by atoms with van der Waals surface area (Å²) in [6.45, 7) is 5.98. The maximum atomic E-state index is 11.5. The second-order valence-electron chi connectivity index (χ2n) is 4.50. The van der Waals surface area contributed by atoms with E-state index in [4.69, 9.17) is 11.6 Å². The van der Waals surface area contributed by atoms with Gasteiger partial charge in [0.15, 0.2) is 0 Å². The molecule has 1 aromatic heterocycles. The maximum Gasteiger partial charge on any atom is 0.239 e. The van der Waals surface area contributed by atoms with Crippen LogP contribution in [-0.2, 0) is 4.79 Å². The van der Waals surface area contributed by atoms with Crippen LogP contribution in [0.25, 0.3) is 0 Å². The Bertz CT molecular complexity index is 374. The van der Waals surface area contributed by atoms with Crippen LogP contribution in [0.5, 0.6) is 0 Å². The van der Waals surface area contributed by atoms with Crippen LogP contribution in [0.1, 0.15) is 20.8 Å². The fourth-order valence-electron chi connectivity index (χ4n) is 1.14. The molecule has 0 saturated heterocycles. The third kappa shape index (κ3) is 4.98. The summed E-state index contributed by atoms with van der Waals surface area (Å²) in [7, 11) is 0.